The number of rotatable bonds is 10. The molecule has 2 N–H and O–H groups in total. The average Bonchev–Trinajstić information content (AvgIpc) is 3.16. The molecule has 150 valence electrons. The van der Waals surface area contributed by atoms with Crippen LogP contribution in [-0.4, -0.2) is 39.8 Å². The highest BCUT2D eigenvalue weighted by Gasteiger charge is 2.11. The molecule has 2 aromatic rings. The molecule has 0 spiro atoms. The third-order valence-corrected chi connectivity index (χ3v) is 4.00. The molecule has 1 atom stereocenters. The van der Waals surface area contributed by atoms with E-state index in [-0.39, 0.29) is 30.1 Å². The van der Waals surface area contributed by atoms with Crippen LogP contribution in [0.1, 0.15) is 23.8 Å². The molecule has 0 saturated carbocycles. The number of hydrogen-bond acceptors (Lipinski definition) is 4. The maximum absolute atomic E-state index is 6.05. The smallest absolute Gasteiger partial charge is 0.191 e. The van der Waals surface area contributed by atoms with Gasteiger partial charge < -0.3 is 24.5 Å². The van der Waals surface area contributed by atoms with Gasteiger partial charge in [-0.2, -0.15) is 0 Å². The fourth-order valence-electron chi connectivity index (χ4n) is 2.40. The topological polar surface area (TPSA) is 68.0 Å². The Morgan fingerprint density at radius 1 is 1.26 bits per heavy atom. The summed E-state index contributed by atoms with van der Waals surface area (Å²) in [6.07, 6.45) is 2.40. The van der Waals surface area contributed by atoms with E-state index in [1.807, 2.05) is 36.4 Å². The van der Waals surface area contributed by atoms with Crippen molar-refractivity contribution in [3.05, 3.63) is 59.0 Å². The van der Waals surface area contributed by atoms with Gasteiger partial charge in [-0.15, -0.1) is 24.0 Å². The Labute approximate surface area is 182 Å². The number of ether oxygens (including phenoxy) is 2. The van der Waals surface area contributed by atoms with Gasteiger partial charge in [-0.05, 0) is 36.2 Å². The van der Waals surface area contributed by atoms with E-state index in [0.717, 1.165) is 30.2 Å². The minimum Gasteiger partial charge on any atom is -0.467 e. The maximum atomic E-state index is 6.05. The number of halogens is 2. The van der Waals surface area contributed by atoms with E-state index in [1.54, 1.807) is 20.4 Å². The molecule has 0 saturated heterocycles. The minimum atomic E-state index is -0.108. The fraction of sp³-hybridized carbons (Fsp3) is 0.421. The zero-order chi connectivity index (χ0) is 18.6. The number of aliphatic imine (C=N–C) groups is 1. The average molecular weight is 508 g/mol. The molecular weight excluding hydrogens is 481 g/mol. The van der Waals surface area contributed by atoms with Crippen molar-refractivity contribution < 1.29 is 13.9 Å². The normalized spacial score (nSPS) is 12.3. The van der Waals surface area contributed by atoms with Gasteiger partial charge in [-0.1, -0.05) is 23.7 Å². The van der Waals surface area contributed by atoms with Crippen LogP contribution in [0.4, 0.5) is 0 Å². The molecular formula is C19H27ClIN3O3. The quantitative estimate of drug-likeness (QED) is 0.220. The molecule has 0 radical (unpaired) electrons. The summed E-state index contributed by atoms with van der Waals surface area (Å²) in [5.41, 5.74) is 1.02. The summed E-state index contributed by atoms with van der Waals surface area (Å²) in [4.78, 5) is 4.22. The van der Waals surface area contributed by atoms with Crippen LogP contribution in [0.2, 0.25) is 5.02 Å². The Hall–Kier alpha value is -1.29. The van der Waals surface area contributed by atoms with Gasteiger partial charge in [0.05, 0.1) is 12.4 Å². The summed E-state index contributed by atoms with van der Waals surface area (Å²) >= 11 is 6.05. The third-order valence-electron chi connectivity index (χ3n) is 3.77. The Balaban J connectivity index is 0.00000364. The van der Waals surface area contributed by atoms with Crippen LogP contribution in [0.5, 0.6) is 0 Å². The lowest BCUT2D eigenvalue weighted by molar-refractivity contribution is 0.104. The van der Waals surface area contributed by atoms with E-state index < -0.39 is 0 Å². The zero-order valence-corrected chi connectivity index (χ0v) is 18.7. The molecule has 27 heavy (non-hydrogen) atoms. The number of nitrogens with zero attached hydrogens (tertiary/aromatic N) is 1. The van der Waals surface area contributed by atoms with E-state index in [9.17, 15) is 0 Å². The number of guanidine groups is 1. The molecule has 0 aliphatic heterocycles. The molecule has 0 bridgehead atoms. The largest absolute Gasteiger partial charge is 0.467 e. The summed E-state index contributed by atoms with van der Waals surface area (Å²) in [5.74, 6) is 1.56. The molecule has 0 aliphatic carbocycles. The van der Waals surface area contributed by atoms with Crippen molar-refractivity contribution in [2.24, 2.45) is 4.99 Å². The van der Waals surface area contributed by atoms with Gasteiger partial charge in [0.1, 0.15) is 12.4 Å². The molecule has 1 aromatic carbocycles. The van der Waals surface area contributed by atoms with Crippen LogP contribution >= 0.6 is 35.6 Å². The Morgan fingerprint density at radius 3 is 2.78 bits per heavy atom. The number of methoxy groups -OCH3 is 1. The number of hydrogen-bond donors (Lipinski definition) is 2. The van der Waals surface area contributed by atoms with Gasteiger partial charge in [-0.25, -0.2) is 0 Å². The molecule has 2 rings (SSSR count). The molecule has 1 aromatic heterocycles. The van der Waals surface area contributed by atoms with Crippen LogP contribution in [0.15, 0.2) is 52.1 Å². The van der Waals surface area contributed by atoms with Crippen LogP contribution in [0.25, 0.3) is 0 Å². The lowest BCUT2D eigenvalue weighted by Crippen LogP contribution is -2.40. The Bertz CT molecular complexity index is 668. The lowest BCUT2D eigenvalue weighted by Gasteiger charge is -2.19. The molecule has 1 heterocycles. The van der Waals surface area contributed by atoms with Crippen LogP contribution in [0, 0.1) is 0 Å². The van der Waals surface area contributed by atoms with Gasteiger partial charge in [0, 0.05) is 38.9 Å². The lowest BCUT2D eigenvalue weighted by atomic mass is 10.1. The summed E-state index contributed by atoms with van der Waals surface area (Å²) in [6, 6.07) is 11.4. The third kappa shape index (κ3) is 8.96. The summed E-state index contributed by atoms with van der Waals surface area (Å²) < 4.78 is 16.3. The number of furan rings is 1. The molecule has 0 amide bonds. The van der Waals surface area contributed by atoms with E-state index in [0.29, 0.717) is 24.8 Å². The first-order chi connectivity index (χ1) is 12.7. The predicted molar refractivity (Wildman–Crippen MR) is 119 cm³/mol. The molecule has 1 unspecified atom stereocenters. The van der Waals surface area contributed by atoms with Crippen LogP contribution in [0.3, 0.4) is 0 Å². The van der Waals surface area contributed by atoms with Crippen molar-refractivity contribution in [3.63, 3.8) is 0 Å². The first kappa shape index (κ1) is 23.7. The monoisotopic (exact) mass is 507 g/mol. The van der Waals surface area contributed by atoms with Crippen molar-refractivity contribution in [2.45, 2.75) is 19.1 Å². The van der Waals surface area contributed by atoms with Crippen LogP contribution in [-0.2, 0) is 16.1 Å². The molecule has 8 heteroatoms. The van der Waals surface area contributed by atoms with Gasteiger partial charge in [0.25, 0.3) is 0 Å². The van der Waals surface area contributed by atoms with E-state index in [4.69, 9.17) is 25.5 Å². The summed E-state index contributed by atoms with van der Waals surface area (Å²) in [5, 5.41) is 7.22. The zero-order valence-electron chi connectivity index (χ0n) is 15.6. The van der Waals surface area contributed by atoms with E-state index >= 15 is 0 Å². The van der Waals surface area contributed by atoms with Crippen LogP contribution < -0.4 is 10.6 Å². The van der Waals surface area contributed by atoms with Gasteiger partial charge in [0.2, 0.25) is 0 Å². The highest BCUT2D eigenvalue weighted by atomic mass is 127. The van der Waals surface area contributed by atoms with Crippen molar-refractivity contribution in [2.75, 3.05) is 33.9 Å². The van der Waals surface area contributed by atoms with E-state index in [2.05, 4.69) is 15.6 Å². The first-order valence-corrected chi connectivity index (χ1v) is 8.93. The fourth-order valence-corrected chi connectivity index (χ4v) is 2.60. The van der Waals surface area contributed by atoms with Gasteiger partial charge in [0.15, 0.2) is 5.96 Å². The highest BCUT2D eigenvalue weighted by molar-refractivity contribution is 14.0. The van der Waals surface area contributed by atoms with Crippen molar-refractivity contribution in [3.8, 4) is 0 Å². The maximum Gasteiger partial charge on any atom is 0.191 e. The highest BCUT2D eigenvalue weighted by Crippen LogP contribution is 2.19. The number of nitrogens with one attached hydrogen (secondary N) is 2. The van der Waals surface area contributed by atoms with Crippen molar-refractivity contribution >= 4 is 41.5 Å². The summed E-state index contributed by atoms with van der Waals surface area (Å²) in [6.45, 7) is 2.49. The minimum absolute atomic E-state index is 0. The van der Waals surface area contributed by atoms with Crippen molar-refractivity contribution in [1.82, 2.24) is 10.6 Å². The Morgan fingerprint density at radius 2 is 2.11 bits per heavy atom. The Kier molecular flexibility index (Phi) is 12.2. The molecule has 6 nitrogen and oxygen atoms in total. The SMILES string of the molecule is CN=C(NCCCOCc1ccco1)NCC(OC)c1cccc(Cl)c1.I. The van der Waals surface area contributed by atoms with Gasteiger partial charge >= 0.3 is 0 Å². The second-order valence-electron chi connectivity index (χ2n) is 5.64. The molecule has 0 aliphatic rings. The second kappa shape index (κ2) is 13.8. The predicted octanol–water partition coefficient (Wildman–Crippen LogP) is 4.01. The van der Waals surface area contributed by atoms with Gasteiger partial charge in [-0.3, -0.25) is 4.99 Å². The van der Waals surface area contributed by atoms with Crippen molar-refractivity contribution in [1.29, 1.82) is 0 Å². The van der Waals surface area contributed by atoms with E-state index in [1.165, 1.54) is 0 Å². The first-order valence-electron chi connectivity index (χ1n) is 8.56. The molecule has 0 fully saturated rings. The summed E-state index contributed by atoms with van der Waals surface area (Å²) in [7, 11) is 3.42. The number of benzene rings is 1. The second-order valence-corrected chi connectivity index (χ2v) is 6.08. The standard InChI is InChI=1S/C19H26ClN3O3.HI/c1-21-19(22-9-5-10-25-14-17-8-4-11-26-17)23-13-18(24-2)15-6-3-7-16(20)12-15;/h3-4,6-8,11-12,18H,5,9-10,13-14H2,1-2H3,(H2,21,22,23);1H.